The number of rotatable bonds is 5. The molecule has 0 aliphatic heterocycles. The van der Waals surface area contributed by atoms with E-state index in [0.29, 0.717) is 12.5 Å². The van der Waals surface area contributed by atoms with E-state index in [4.69, 9.17) is 5.73 Å². The van der Waals surface area contributed by atoms with Gasteiger partial charge in [0.2, 0.25) is 5.91 Å². The normalized spacial score (nSPS) is 14.6. The summed E-state index contributed by atoms with van der Waals surface area (Å²) in [5.41, 5.74) is 5.81. The largest absolute Gasteiger partial charge is 0.354 e. The first-order valence-electron chi connectivity index (χ1n) is 5.21. The fraction of sp³-hybridized carbons (Fsp3) is 0.545. The van der Waals surface area contributed by atoms with Crippen LogP contribution >= 0.6 is 11.3 Å². The number of amides is 1. The Labute approximate surface area is 94.7 Å². The van der Waals surface area contributed by atoms with Crippen molar-refractivity contribution in [2.24, 2.45) is 11.7 Å². The van der Waals surface area contributed by atoms with Gasteiger partial charge in [-0.05, 0) is 17.4 Å². The monoisotopic (exact) mass is 226 g/mol. The summed E-state index contributed by atoms with van der Waals surface area (Å²) in [4.78, 5) is 12.5. The van der Waals surface area contributed by atoms with Gasteiger partial charge in [-0.25, -0.2) is 0 Å². The number of nitrogens with one attached hydrogen (secondary N) is 1. The standard InChI is InChI=1S/C11H18N2OS/c1-3-8(2)7-13-11(14)10(12)9-5-4-6-15-9/h4-6,8,10H,3,7,12H2,1-2H3,(H,13,14). The molecule has 0 spiro atoms. The Kier molecular flexibility index (Phi) is 4.78. The highest BCUT2D eigenvalue weighted by Gasteiger charge is 2.16. The molecule has 1 aromatic rings. The van der Waals surface area contributed by atoms with E-state index in [2.05, 4.69) is 19.2 Å². The molecule has 1 amide bonds. The summed E-state index contributed by atoms with van der Waals surface area (Å²) in [6, 6.07) is 3.27. The summed E-state index contributed by atoms with van der Waals surface area (Å²) in [7, 11) is 0. The van der Waals surface area contributed by atoms with Gasteiger partial charge in [0.1, 0.15) is 6.04 Å². The Bertz CT molecular complexity index is 298. The Morgan fingerprint density at radius 2 is 2.40 bits per heavy atom. The van der Waals surface area contributed by atoms with E-state index in [1.165, 1.54) is 11.3 Å². The molecule has 4 heteroatoms. The molecule has 0 aliphatic carbocycles. The summed E-state index contributed by atoms with van der Waals surface area (Å²) in [5.74, 6) is 0.419. The van der Waals surface area contributed by atoms with Crippen molar-refractivity contribution in [3.63, 3.8) is 0 Å². The van der Waals surface area contributed by atoms with Gasteiger partial charge in [0.25, 0.3) is 0 Å². The van der Waals surface area contributed by atoms with Gasteiger partial charge in [-0.3, -0.25) is 4.79 Å². The van der Waals surface area contributed by atoms with E-state index in [1.54, 1.807) is 0 Å². The van der Waals surface area contributed by atoms with Crippen LogP contribution in [0.15, 0.2) is 17.5 Å². The molecule has 0 aliphatic rings. The minimum absolute atomic E-state index is 0.0854. The van der Waals surface area contributed by atoms with Gasteiger partial charge in [-0.15, -0.1) is 11.3 Å². The molecule has 84 valence electrons. The van der Waals surface area contributed by atoms with Gasteiger partial charge in [-0.1, -0.05) is 26.3 Å². The molecule has 3 nitrogen and oxygen atoms in total. The topological polar surface area (TPSA) is 55.1 Å². The van der Waals surface area contributed by atoms with Crippen LogP contribution in [-0.2, 0) is 4.79 Å². The summed E-state index contributed by atoms with van der Waals surface area (Å²) in [6.07, 6.45) is 1.06. The predicted octanol–water partition coefficient (Wildman–Crippen LogP) is 1.91. The highest BCUT2D eigenvalue weighted by atomic mass is 32.1. The van der Waals surface area contributed by atoms with Crippen LogP contribution in [0.4, 0.5) is 0 Å². The number of carbonyl (C=O) groups excluding carboxylic acids is 1. The van der Waals surface area contributed by atoms with Crippen molar-refractivity contribution in [2.45, 2.75) is 26.3 Å². The summed E-state index contributed by atoms with van der Waals surface area (Å²) < 4.78 is 0. The van der Waals surface area contributed by atoms with Gasteiger partial charge in [0, 0.05) is 11.4 Å². The first-order valence-corrected chi connectivity index (χ1v) is 6.09. The van der Waals surface area contributed by atoms with Gasteiger partial charge in [0.15, 0.2) is 0 Å². The Balaban J connectivity index is 2.41. The second-order valence-electron chi connectivity index (χ2n) is 3.75. The second kappa shape index (κ2) is 5.88. The zero-order chi connectivity index (χ0) is 11.3. The number of nitrogens with two attached hydrogens (primary N) is 1. The molecular formula is C11H18N2OS. The smallest absolute Gasteiger partial charge is 0.242 e. The fourth-order valence-electron chi connectivity index (χ4n) is 1.13. The number of hydrogen-bond donors (Lipinski definition) is 2. The summed E-state index contributed by atoms with van der Waals surface area (Å²) >= 11 is 1.51. The Morgan fingerprint density at radius 3 is 2.93 bits per heavy atom. The van der Waals surface area contributed by atoms with Crippen molar-refractivity contribution in [3.8, 4) is 0 Å². The first kappa shape index (κ1) is 12.2. The van der Waals surface area contributed by atoms with Gasteiger partial charge < -0.3 is 11.1 Å². The van der Waals surface area contributed by atoms with Crippen molar-refractivity contribution in [2.75, 3.05) is 6.54 Å². The van der Waals surface area contributed by atoms with Crippen LogP contribution in [0.5, 0.6) is 0 Å². The number of carbonyl (C=O) groups is 1. The molecule has 0 radical (unpaired) electrons. The van der Waals surface area contributed by atoms with E-state index in [0.717, 1.165) is 11.3 Å². The van der Waals surface area contributed by atoms with E-state index < -0.39 is 6.04 Å². The lowest BCUT2D eigenvalue weighted by atomic mass is 10.1. The van der Waals surface area contributed by atoms with Gasteiger partial charge >= 0.3 is 0 Å². The predicted molar refractivity (Wildman–Crippen MR) is 63.7 cm³/mol. The first-order chi connectivity index (χ1) is 7.15. The van der Waals surface area contributed by atoms with Crippen LogP contribution < -0.4 is 11.1 Å². The molecule has 0 saturated heterocycles. The van der Waals surface area contributed by atoms with Crippen molar-refractivity contribution in [1.29, 1.82) is 0 Å². The molecule has 0 aromatic carbocycles. The Morgan fingerprint density at radius 1 is 1.67 bits per heavy atom. The van der Waals surface area contributed by atoms with Crippen LogP contribution in [0.2, 0.25) is 0 Å². The third kappa shape index (κ3) is 3.64. The van der Waals surface area contributed by atoms with Crippen LogP contribution in [0.25, 0.3) is 0 Å². The lowest BCUT2D eigenvalue weighted by Crippen LogP contribution is -2.36. The second-order valence-corrected chi connectivity index (χ2v) is 4.73. The SMILES string of the molecule is CCC(C)CNC(=O)C(N)c1cccs1. The maximum Gasteiger partial charge on any atom is 0.242 e. The molecule has 1 rings (SSSR count). The van der Waals surface area contributed by atoms with E-state index in [9.17, 15) is 4.79 Å². The van der Waals surface area contributed by atoms with Crippen molar-refractivity contribution in [3.05, 3.63) is 22.4 Å². The fourth-order valence-corrected chi connectivity index (χ4v) is 1.85. The average molecular weight is 226 g/mol. The van der Waals surface area contributed by atoms with Crippen molar-refractivity contribution < 1.29 is 4.79 Å². The average Bonchev–Trinajstić information content (AvgIpc) is 2.77. The zero-order valence-corrected chi connectivity index (χ0v) is 10.0. The highest BCUT2D eigenvalue weighted by Crippen LogP contribution is 2.16. The molecule has 15 heavy (non-hydrogen) atoms. The Hall–Kier alpha value is -0.870. The molecule has 0 saturated carbocycles. The van der Waals surface area contributed by atoms with E-state index in [-0.39, 0.29) is 5.91 Å². The molecule has 1 aromatic heterocycles. The number of thiophene rings is 1. The maximum absolute atomic E-state index is 11.6. The summed E-state index contributed by atoms with van der Waals surface area (Å²) in [5, 5.41) is 4.79. The number of hydrogen-bond acceptors (Lipinski definition) is 3. The third-order valence-electron chi connectivity index (χ3n) is 2.45. The van der Waals surface area contributed by atoms with Crippen molar-refractivity contribution in [1.82, 2.24) is 5.32 Å². The van der Waals surface area contributed by atoms with E-state index >= 15 is 0 Å². The zero-order valence-electron chi connectivity index (χ0n) is 9.19. The molecule has 2 atom stereocenters. The minimum atomic E-state index is -0.519. The van der Waals surface area contributed by atoms with E-state index in [1.807, 2.05) is 17.5 Å². The van der Waals surface area contributed by atoms with Crippen LogP contribution in [0, 0.1) is 5.92 Å². The van der Waals surface area contributed by atoms with Crippen LogP contribution in [0.1, 0.15) is 31.2 Å². The molecular weight excluding hydrogens is 208 g/mol. The van der Waals surface area contributed by atoms with Crippen molar-refractivity contribution >= 4 is 17.2 Å². The molecule has 0 bridgehead atoms. The lowest BCUT2D eigenvalue weighted by Gasteiger charge is -2.13. The van der Waals surface area contributed by atoms with Gasteiger partial charge in [-0.2, -0.15) is 0 Å². The molecule has 0 fully saturated rings. The molecule has 1 heterocycles. The third-order valence-corrected chi connectivity index (χ3v) is 3.41. The highest BCUT2D eigenvalue weighted by molar-refractivity contribution is 7.10. The van der Waals surface area contributed by atoms with Crippen LogP contribution in [0.3, 0.4) is 0 Å². The molecule has 2 unspecified atom stereocenters. The summed E-state index contributed by atoms with van der Waals surface area (Å²) in [6.45, 7) is 4.92. The molecule has 3 N–H and O–H groups in total. The minimum Gasteiger partial charge on any atom is -0.354 e. The van der Waals surface area contributed by atoms with Crippen LogP contribution in [-0.4, -0.2) is 12.5 Å². The lowest BCUT2D eigenvalue weighted by molar-refractivity contribution is -0.122. The van der Waals surface area contributed by atoms with Gasteiger partial charge in [0.05, 0.1) is 0 Å². The quantitative estimate of drug-likeness (QED) is 0.806. The maximum atomic E-state index is 11.6.